The summed E-state index contributed by atoms with van der Waals surface area (Å²) in [5, 5.41) is 3.27. The number of ether oxygens (including phenoxy) is 1. The molecular weight excluding hydrogens is 343 g/mol. The van der Waals surface area contributed by atoms with E-state index < -0.39 is 0 Å². The number of pyridine rings is 1. The molecule has 0 amide bonds. The molecule has 138 valence electrons. The fourth-order valence-electron chi connectivity index (χ4n) is 3.53. The van der Waals surface area contributed by atoms with E-state index in [2.05, 4.69) is 21.8 Å². The van der Waals surface area contributed by atoms with Gasteiger partial charge in [-0.15, -0.1) is 0 Å². The molecule has 0 bridgehead atoms. The maximum absolute atomic E-state index is 13.3. The van der Waals surface area contributed by atoms with Gasteiger partial charge < -0.3 is 15.0 Å². The van der Waals surface area contributed by atoms with Crippen molar-refractivity contribution in [3.05, 3.63) is 77.7 Å². The third-order valence-corrected chi connectivity index (χ3v) is 4.89. The second kappa shape index (κ2) is 6.87. The molecule has 1 aromatic carbocycles. The van der Waals surface area contributed by atoms with Gasteiger partial charge in [0.25, 0.3) is 0 Å². The lowest BCUT2D eigenvalue weighted by Gasteiger charge is -2.33. The number of rotatable bonds is 3. The van der Waals surface area contributed by atoms with Crippen molar-refractivity contribution in [3.8, 4) is 5.75 Å². The van der Waals surface area contributed by atoms with Crippen molar-refractivity contribution < 1.29 is 9.13 Å². The Bertz CT molecular complexity index is 949. The summed E-state index contributed by atoms with van der Waals surface area (Å²) in [7, 11) is 1.61. The quantitative estimate of drug-likeness (QED) is 0.879. The average Bonchev–Trinajstić information content (AvgIpc) is 3.08. The molecule has 0 aliphatic carbocycles. The van der Waals surface area contributed by atoms with Gasteiger partial charge in [0.2, 0.25) is 5.96 Å². The first-order valence-electron chi connectivity index (χ1n) is 8.85. The molecule has 1 fully saturated rings. The van der Waals surface area contributed by atoms with Crippen LogP contribution in [0.25, 0.3) is 0 Å². The summed E-state index contributed by atoms with van der Waals surface area (Å²) in [5.41, 5.74) is 4.55. The van der Waals surface area contributed by atoms with E-state index in [4.69, 9.17) is 9.73 Å². The number of hydrogen-bond acceptors (Lipinski definition) is 3. The first kappa shape index (κ1) is 17.3. The Morgan fingerprint density at radius 3 is 2.85 bits per heavy atom. The number of nitrogens with one attached hydrogen (secondary N) is 1. The molecule has 1 N–H and O–H groups in total. The Morgan fingerprint density at radius 1 is 1.33 bits per heavy atom. The van der Waals surface area contributed by atoms with Gasteiger partial charge in [0, 0.05) is 17.5 Å². The number of halogens is 1. The molecule has 27 heavy (non-hydrogen) atoms. The molecule has 0 spiro atoms. The zero-order valence-corrected chi connectivity index (χ0v) is 15.4. The van der Waals surface area contributed by atoms with E-state index in [1.807, 2.05) is 31.2 Å². The van der Waals surface area contributed by atoms with Crippen LogP contribution in [0.1, 0.15) is 30.1 Å². The van der Waals surface area contributed by atoms with Crippen LogP contribution in [0.5, 0.6) is 5.75 Å². The van der Waals surface area contributed by atoms with Gasteiger partial charge in [-0.1, -0.05) is 18.7 Å². The van der Waals surface area contributed by atoms with Crippen LogP contribution < -0.4 is 10.1 Å². The minimum Gasteiger partial charge on any atom is -0.495 e. The highest BCUT2D eigenvalue weighted by atomic mass is 19.1. The Labute approximate surface area is 157 Å². The molecule has 1 unspecified atom stereocenters. The summed E-state index contributed by atoms with van der Waals surface area (Å²) in [5.74, 6) is 1.12. The summed E-state index contributed by atoms with van der Waals surface area (Å²) in [6.45, 7) is 5.96. The second-order valence-corrected chi connectivity index (χ2v) is 6.68. The zero-order valence-electron chi connectivity index (χ0n) is 15.4. The number of nitrogens with zero attached hydrogens (tertiary/aromatic N) is 3. The van der Waals surface area contributed by atoms with Crippen LogP contribution in [-0.4, -0.2) is 23.0 Å². The Balaban J connectivity index is 1.76. The maximum atomic E-state index is 13.3. The summed E-state index contributed by atoms with van der Waals surface area (Å²) >= 11 is 0. The van der Waals surface area contributed by atoms with E-state index in [0.29, 0.717) is 11.7 Å². The van der Waals surface area contributed by atoms with Gasteiger partial charge in [-0.3, -0.25) is 4.98 Å². The lowest BCUT2D eigenvalue weighted by Crippen LogP contribution is -2.42. The van der Waals surface area contributed by atoms with Crippen molar-refractivity contribution in [2.45, 2.75) is 25.8 Å². The monoisotopic (exact) mass is 364 g/mol. The molecule has 2 aliphatic heterocycles. The zero-order chi connectivity index (χ0) is 19.0. The van der Waals surface area contributed by atoms with Crippen molar-refractivity contribution in [2.24, 2.45) is 4.99 Å². The number of fused-ring (bicyclic) bond motifs is 1. The van der Waals surface area contributed by atoms with Gasteiger partial charge >= 0.3 is 0 Å². The van der Waals surface area contributed by atoms with Crippen molar-refractivity contribution in [2.75, 3.05) is 7.11 Å². The van der Waals surface area contributed by atoms with E-state index >= 15 is 0 Å². The van der Waals surface area contributed by atoms with E-state index in [9.17, 15) is 4.39 Å². The third kappa shape index (κ3) is 3.30. The van der Waals surface area contributed by atoms with Crippen LogP contribution in [0.4, 0.5) is 10.1 Å². The normalized spacial score (nSPS) is 20.3. The molecule has 2 aromatic rings. The van der Waals surface area contributed by atoms with Crippen LogP contribution in [0.15, 0.2) is 65.6 Å². The first-order valence-corrected chi connectivity index (χ1v) is 8.85. The van der Waals surface area contributed by atoms with Crippen LogP contribution in [-0.2, 0) is 0 Å². The van der Waals surface area contributed by atoms with Crippen LogP contribution in [0, 0.1) is 12.7 Å². The number of aromatic nitrogens is 1. The second-order valence-electron chi connectivity index (χ2n) is 6.68. The molecule has 5 nitrogen and oxygen atoms in total. The fourth-order valence-corrected chi connectivity index (χ4v) is 3.53. The third-order valence-electron chi connectivity index (χ3n) is 4.89. The van der Waals surface area contributed by atoms with E-state index in [1.165, 1.54) is 12.1 Å². The Kier molecular flexibility index (Phi) is 4.39. The Morgan fingerprint density at radius 2 is 2.11 bits per heavy atom. The summed E-state index contributed by atoms with van der Waals surface area (Å²) in [6.07, 6.45) is 5.56. The van der Waals surface area contributed by atoms with Crippen LogP contribution in [0.2, 0.25) is 0 Å². The van der Waals surface area contributed by atoms with Crippen LogP contribution >= 0.6 is 0 Å². The van der Waals surface area contributed by atoms with Gasteiger partial charge in [0.1, 0.15) is 11.6 Å². The number of aliphatic imine (C=N–C) groups is 1. The number of allylic oxidation sites excluding steroid dienone is 2. The maximum Gasteiger partial charge on any atom is 0.208 e. The average molecular weight is 364 g/mol. The fraction of sp³-hybridized carbons (Fsp3) is 0.238. The SMILES string of the molecule is C=C1C=C2CCC(c3ccc(F)cc3)N2C(=Nc2cc(OC)cnc2C)N1. The van der Waals surface area contributed by atoms with Crippen molar-refractivity contribution in [3.63, 3.8) is 0 Å². The molecule has 4 rings (SSSR count). The molecule has 0 saturated carbocycles. The predicted molar refractivity (Wildman–Crippen MR) is 103 cm³/mol. The molecular formula is C21H21FN4O. The number of aryl methyl sites for hydroxylation is 1. The Hall–Kier alpha value is -3.15. The van der Waals surface area contributed by atoms with Crippen molar-refractivity contribution >= 4 is 11.6 Å². The highest BCUT2D eigenvalue weighted by molar-refractivity contribution is 5.88. The van der Waals surface area contributed by atoms with E-state index in [0.717, 1.165) is 41.2 Å². The van der Waals surface area contributed by atoms with E-state index in [1.54, 1.807) is 13.3 Å². The van der Waals surface area contributed by atoms with Crippen molar-refractivity contribution in [1.82, 2.24) is 15.2 Å². The largest absolute Gasteiger partial charge is 0.495 e. The lowest BCUT2D eigenvalue weighted by molar-refractivity contribution is 0.412. The van der Waals surface area contributed by atoms with E-state index in [-0.39, 0.29) is 11.9 Å². The number of benzene rings is 1. The smallest absolute Gasteiger partial charge is 0.208 e. The summed E-state index contributed by atoms with van der Waals surface area (Å²) in [6, 6.07) is 8.63. The highest BCUT2D eigenvalue weighted by Crippen LogP contribution is 2.41. The molecule has 1 atom stereocenters. The number of methoxy groups -OCH3 is 1. The molecule has 6 heteroatoms. The predicted octanol–water partition coefficient (Wildman–Crippen LogP) is 4.36. The topological polar surface area (TPSA) is 49.8 Å². The van der Waals surface area contributed by atoms with Gasteiger partial charge in [-0.25, -0.2) is 9.38 Å². The molecule has 2 aliphatic rings. The molecule has 1 saturated heterocycles. The lowest BCUT2D eigenvalue weighted by atomic mass is 10.0. The van der Waals surface area contributed by atoms with Gasteiger partial charge in [-0.05, 0) is 43.5 Å². The number of hydrogen-bond donors (Lipinski definition) is 1. The molecule has 1 aromatic heterocycles. The molecule has 3 heterocycles. The molecule has 0 radical (unpaired) electrons. The minimum absolute atomic E-state index is 0.0927. The van der Waals surface area contributed by atoms with Gasteiger partial charge in [0.05, 0.1) is 30.7 Å². The van der Waals surface area contributed by atoms with Crippen LogP contribution in [0.3, 0.4) is 0 Å². The first-order chi connectivity index (χ1) is 13.0. The summed E-state index contributed by atoms with van der Waals surface area (Å²) < 4.78 is 18.6. The van der Waals surface area contributed by atoms with Gasteiger partial charge in [0.15, 0.2) is 0 Å². The number of guanidine groups is 1. The van der Waals surface area contributed by atoms with Crippen molar-refractivity contribution in [1.29, 1.82) is 0 Å². The minimum atomic E-state index is -0.232. The highest BCUT2D eigenvalue weighted by Gasteiger charge is 2.35. The standard InChI is InChI=1S/C21H21FN4O/c1-13-10-17-8-9-20(15-4-6-16(22)7-5-15)26(17)21(24-13)25-19-11-18(27-3)12-23-14(19)2/h4-7,10-12,20H,1,8-9H2,2-3H3,(H,24,25). The van der Waals surface area contributed by atoms with Gasteiger partial charge in [-0.2, -0.15) is 0 Å². The summed E-state index contributed by atoms with van der Waals surface area (Å²) in [4.78, 5) is 11.3.